The van der Waals surface area contributed by atoms with E-state index in [1.807, 2.05) is 0 Å². The van der Waals surface area contributed by atoms with Crippen LogP contribution in [0, 0.1) is 0 Å². The molecule has 0 saturated carbocycles. The SMILES string of the molecule is CCOc1ccccc1N1C(=O)C(Cl)=C(Nc2cccc(C(=O)OC(C)C)c2)C1=O. The standard InChI is InChI=1S/C22H21ClN2O5/c1-4-29-17-11-6-5-10-16(17)25-20(26)18(23)19(21(25)27)24-15-9-7-8-14(12-15)22(28)30-13(2)3/h5-13,24H,4H2,1-3H3. The zero-order chi connectivity index (χ0) is 21.8. The van der Waals surface area contributed by atoms with Crippen molar-refractivity contribution < 1.29 is 23.9 Å². The molecule has 2 amide bonds. The van der Waals surface area contributed by atoms with Crippen molar-refractivity contribution in [1.29, 1.82) is 0 Å². The Labute approximate surface area is 179 Å². The van der Waals surface area contributed by atoms with Crippen LogP contribution >= 0.6 is 11.6 Å². The van der Waals surface area contributed by atoms with E-state index in [1.165, 1.54) is 6.07 Å². The van der Waals surface area contributed by atoms with Crippen LogP contribution in [-0.2, 0) is 14.3 Å². The monoisotopic (exact) mass is 428 g/mol. The molecule has 0 radical (unpaired) electrons. The topological polar surface area (TPSA) is 84.9 Å². The minimum atomic E-state index is -0.660. The molecule has 1 N–H and O–H groups in total. The second-order valence-corrected chi connectivity index (χ2v) is 7.07. The van der Waals surface area contributed by atoms with Crippen LogP contribution in [0.1, 0.15) is 31.1 Å². The van der Waals surface area contributed by atoms with Gasteiger partial charge in [0.2, 0.25) is 0 Å². The third kappa shape index (κ3) is 4.31. The summed E-state index contributed by atoms with van der Waals surface area (Å²) in [6, 6.07) is 13.1. The van der Waals surface area contributed by atoms with Crippen LogP contribution in [-0.4, -0.2) is 30.5 Å². The molecule has 2 aromatic carbocycles. The Hall–Kier alpha value is -3.32. The van der Waals surface area contributed by atoms with Gasteiger partial charge >= 0.3 is 5.97 Å². The van der Waals surface area contributed by atoms with E-state index >= 15 is 0 Å². The summed E-state index contributed by atoms with van der Waals surface area (Å²) in [4.78, 5) is 38.8. The lowest BCUT2D eigenvalue weighted by Crippen LogP contribution is -2.32. The number of hydrogen-bond acceptors (Lipinski definition) is 6. The van der Waals surface area contributed by atoms with Gasteiger partial charge in [0.25, 0.3) is 11.8 Å². The number of hydrogen-bond donors (Lipinski definition) is 1. The lowest BCUT2D eigenvalue weighted by atomic mass is 10.2. The van der Waals surface area contributed by atoms with Gasteiger partial charge in [0.05, 0.1) is 24.0 Å². The fraction of sp³-hybridized carbons (Fsp3) is 0.227. The highest BCUT2D eigenvalue weighted by atomic mass is 35.5. The molecule has 30 heavy (non-hydrogen) atoms. The lowest BCUT2D eigenvalue weighted by Gasteiger charge is -2.18. The van der Waals surface area contributed by atoms with E-state index in [1.54, 1.807) is 63.2 Å². The zero-order valence-electron chi connectivity index (χ0n) is 16.8. The molecule has 2 aromatic rings. The molecule has 0 spiro atoms. The first-order valence-electron chi connectivity index (χ1n) is 9.42. The maximum atomic E-state index is 13.0. The molecule has 1 aliphatic rings. The van der Waals surface area contributed by atoms with Crippen LogP contribution < -0.4 is 15.0 Å². The summed E-state index contributed by atoms with van der Waals surface area (Å²) in [5.41, 5.74) is 0.948. The number of esters is 1. The van der Waals surface area contributed by atoms with Crippen LogP contribution in [0.3, 0.4) is 0 Å². The van der Waals surface area contributed by atoms with Gasteiger partial charge in [-0.2, -0.15) is 0 Å². The maximum Gasteiger partial charge on any atom is 0.338 e. The van der Waals surface area contributed by atoms with E-state index < -0.39 is 17.8 Å². The molecular weight excluding hydrogens is 408 g/mol. The van der Waals surface area contributed by atoms with E-state index in [0.29, 0.717) is 29.3 Å². The minimum Gasteiger partial charge on any atom is -0.492 e. The van der Waals surface area contributed by atoms with Gasteiger partial charge in [-0.05, 0) is 51.1 Å². The van der Waals surface area contributed by atoms with E-state index in [2.05, 4.69) is 5.32 Å². The summed E-state index contributed by atoms with van der Waals surface area (Å²) in [6.45, 7) is 5.68. The number of imide groups is 1. The largest absolute Gasteiger partial charge is 0.492 e. The van der Waals surface area contributed by atoms with Crippen molar-refractivity contribution in [2.45, 2.75) is 26.9 Å². The number of ether oxygens (including phenoxy) is 2. The number of halogens is 1. The van der Waals surface area contributed by atoms with E-state index in [9.17, 15) is 14.4 Å². The molecule has 7 nitrogen and oxygen atoms in total. The predicted molar refractivity (Wildman–Crippen MR) is 114 cm³/mol. The number of carbonyl (C=O) groups excluding carboxylic acids is 3. The fourth-order valence-corrected chi connectivity index (χ4v) is 3.11. The number of anilines is 2. The highest BCUT2D eigenvalue weighted by Crippen LogP contribution is 2.35. The molecule has 0 bridgehead atoms. The number of amides is 2. The van der Waals surface area contributed by atoms with E-state index in [4.69, 9.17) is 21.1 Å². The number of nitrogens with one attached hydrogen (secondary N) is 1. The number of benzene rings is 2. The Bertz CT molecular complexity index is 1030. The van der Waals surface area contributed by atoms with Crippen LogP contribution in [0.5, 0.6) is 5.75 Å². The quantitative estimate of drug-likeness (QED) is 0.528. The molecule has 0 aromatic heterocycles. The summed E-state index contributed by atoms with van der Waals surface area (Å²) in [5.74, 6) is -1.38. The molecule has 0 saturated heterocycles. The average molecular weight is 429 g/mol. The Morgan fingerprint density at radius 3 is 2.53 bits per heavy atom. The molecule has 156 valence electrons. The summed E-state index contributed by atoms with van der Waals surface area (Å²) in [6.07, 6.45) is -0.265. The van der Waals surface area contributed by atoms with Crippen molar-refractivity contribution in [2.75, 3.05) is 16.8 Å². The smallest absolute Gasteiger partial charge is 0.338 e. The van der Waals surface area contributed by atoms with Gasteiger partial charge in [0, 0.05) is 5.69 Å². The van der Waals surface area contributed by atoms with Gasteiger partial charge in [-0.1, -0.05) is 29.8 Å². The van der Waals surface area contributed by atoms with Crippen molar-refractivity contribution in [3.63, 3.8) is 0 Å². The minimum absolute atomic E-state index is 0.0812. The lowest BCUT2D eigenvalue weighted by molar-refractivity contribution is -0.120. The second-order valence-electron chi connectivity index (χ2n) is 6.70. The van der Waals surface area contributed by atoms with Crippen LogP contribution in [0.15, 0.2) is 59.3 Å². The van der Waals surface area contributed by atoms with Crippen molar-refractivity contribution in [3.8, 4) is 5.75 Å². The first-order chi connectivity index (χ1) is 14.3. The Kier molecular flexibility index (Phi) is 6.42. The molecule has 0 fully saturated rings. The summed E-state index contributed by atoms with van der Waals surface area (Å²) in [7, 11) is 0. The van der Waals surface area contributed by atoms with E-state index in [-0.39, 0.29) is 16.8 Å². The molecule has 3 rings (SSSR count). The first-order valence-corrected chi connectivity index (χ1v) is 9.79. The zero-order valence-corrected chi connectivity index (χ0v) is 17.5. The molecular formula is C22H21ClN2O5. The molecule has 1 aliphatic heterocycles. The Balaban J connectivity index is 1.87. The average Bonchev–Trinajstić information content (AvgIpc) is 2.92. The number of rotatable bonds is 7. The maximum absolute atomic E-state index is 13.0. The van der Waals surface area contributed by atoms with Crippen LogP contribution in [0.4, 0.5) is 11.4 Å². The van der Waals surface area contributed by atoms with Crippen LogP contribution in [0.25, 0.3) is 0 Å². The van der Waals surface area contributed by atoms with Gasteiger partial charge in [-0.3, -0.25) is 9.59 Å². The number of nitrogens with zero attached hydrogens (tertiary/aromatic N) is 1. The van der Waals surface area contributed by atoms with Gasteiger partial charge < -0.3 is 14.8 Å². The van der Waals surface area contributed by atoms with Crippen LogP contribution in [0.2, 0.25) is 0 Å². The van der Waals surface area contributed by atoms with Gasteiger partial charge in [-0.15, -0.1) is 0 Å². The summed E-state index contributed by atoms with van der Waals surface area (Å²) >= 11 is 6.19. The van der Waals surface area contributed by atoms with Crippen molar-refractivity contribution in [2.24, 2.45) is 0 Å². The third-order valence-corrected chi connectivity index (χ3v) is 4.49. The molecule has 8 heteroatoms. The normalized spacial score (nSPS) is 13.8. The molecule has 1 heterocycles. The first kappa shape index (κ1) is 21.4. The highest BCUT2D eigenvalue weighted by Gasteiger charge is 2.40. The number of para-hydroxylation sites is 2. The van der Waals surface area contributed by atoms with Crippen molar-refractivity contribution >= 4 is 40.8 Å². The van der Waals surface area contributed by atoms with E-state index in [0.717, 1.165) is 4.90 Å². The Morgan fingerprint density at radius 2 is 1.83 bits per heavy atom. The number of carbonyl (C=O) groups is 3. The Morgan fingerprint density at radius 1 is 1.10 bits per heavy atom. The van der Waals surface area contributed by atoms with Crippen molar-refractivity contribution in [1.82, 2.24) is 0 Å². The third-order valence-electron chi connectivity index (χ3n) is 4.14. The summed E-state index contributed by atoms with van der Waals surface area (Å²) in [5, 5.41) is 2.61. The molecule has 0 aliphatic carbocycles. The fourth-order valence-electron chi connectivity index (χ4n) is 2.90. The van der Waals surface area contributed by atoms with Gasteiger partial charge in [0.1, 0.15) is 16.5 Å². The molecule has 0 atom stereocenters. The predicted octanol–water partition coefficient (Wildman–Crippen LogP) is 4.09. The second kappa shape index (κ2) is 9.00. The van der Waals surface area contributed by atoms with Crippen molar-refractivity contribution in [3.05, 3.63) is 64.8 Å². The molecule has 0 unspecified atom stereocenters. The summed E-state index contributed by atoms with van der Waals surface area (Å²) < 4.78 is 10.7. The van der Waals surface area contributed by atoms with Gasteiger partial charge in [-0.25, -0.2) is 9.69 Å². The highest BCUT2D eigenvalue weighted by molar-refractivity contribution is 6.53. The van der Waals surface area contributed by atoms with Gasteiger partial charge in [0.15, 0.2) is 0 Å².